The summed E-state index contributed by atoms with van der Waals surface area (Å²) in [6.07, 6.45) is 7.17. The zero-order chi connectivity index (χ0) is 25.7. The molecule has 3 aromatic rings. The fourth-order valence-corrected chi connectivity index (χ4v) is 5.97. The predicted octanol–water partition coefficient (Wildman–Crippen LogP) is 5.51. The van der Waals surface area contributed by atoms with Crippen LogP contribution < -0.4 is 15.0 Å². The average molecular weight is 507 g/mol. The van der Waals surface area contributed by atoms with Crippen LogP contribution in [0.3, 0.4) is 0 Å². The summed E-state index contributed by atoms with van der Waals surface area (Å²) >= 11 is 0. The van der Waals surface area contributed by atoms with Gasteiger partial charge in [0.05, 0.1) is 17.9 Å². The monoisotopic (exact) mass is 506 g/mol. The Balaban J connectivity index is 1.27. The Morgan fingerprint density at radius 2 is 1.84 bits per heavy atom. The molecular weight excluding hydrogens is 474 g/mol. The zero-order valence-electron chi connectivity index (χ0n) is 21.5. The number of hydrogen-bond acceptors (Lipinski definition) is 7. The van der Waals surface area contributed by atoms with Crippen molar-refractivity contribution >= 4 is 17.5 Å². The second-order valence-corrected chi connectivity index (χ2v) is 11.1. The first-order valence-corrected chi connectivity index (χ1v) is 13.0. The largest absolute Gasteiger partial charge is 0.486 e. The highest BCUT2D eigenvalue weighted by atomic mass is 19.1. The third-order valence-electron chi connectivity index (χ3n) is 8.04. The fourth-order valence-electron chi connectivity index (χ4n) is 5.97. The molecule has 1 atom stereocenters. The molecule has 7 nitrogen and oxygen atoms in total. The van der Waals surface area contributed by atoms with E-state index in [1.165, 1.54) is 11.6 Å². The first-order chi connectivity index (χ1) is 17.8. The lowest BCUT2D eigenvalue weighted by Gasteiger charge is -2.42. The molecule has 0 saturated carbocycles. The molecule has 0 radical (unpaired) electrons. The van der Waals surface area contributed by atoms with Crippen LogP contribution in [0.15, 0.2) is 36.7 Å². The maximum Gasteiger partial charge on any atom is 0.229 e. The number of benzene rings is 1. The standard InChI is InChI=1S/C28H32F2N6O/c1-28(2)9-6-20-16-37-26-21(29)12-19(13-23(26)36(20)28)25-22(30)15-32-27(34-25)33-24-5-4-18(14-31-24)17-7-10-35(3)11-8-17/h4-5,12-15,17,20H,6-11,16H2,1-3H3,(H,31,32,33,34). The highest BCUT2D eigenvalue weighted by Gasteiger charge is 2.44. The van der Waals surface area contributed by atoms with Crippen LogP contribution in [0.5, 0.6) is 5.75 Å². The van der Waals surface area contributed by atoms with Crippen molar-refractivity contribution in [2.24, 2.45) is 0 Å². The van der Waals surface area contributed by atoms with Gasteiger partial charge in [0, 0.05) is 17.3 Å². The quantitative estimate of drug-likeness (QED) is 0.501. The third-order valence-corrected chi connectivity index (χ3v) is 8.04. The van der Waals surface area contributed by atoms with Crippen LogP contribution in [0.1, 0.15) is 51.0 Å². The highest BCUT2D eigenvalue weighted by molar-refractivity contribution is 5.74. The van der Waals surface area contributed by atoms with E-state index in [-0.39, 0.29) is 29.0 Å². The second kappa shape index (κ2) is 9.20. The Morgan fingerprint density at radius 1 is 1.03 bits per heavy atom. The number of nitrogens with one attached hydrogen (secondary N) is 1. The molecule has 0 aliphatic carbocycles. The normalized spacial score (nSPS) is 21.3. The van der Waals surface area contributed by atoms with Gasteiger partial charge in [-0.2, -0.15) is 0 Å². The topological polar surface area (TPSA) is 66.4 Å². The molecule has 37 heavy (non-hydrogen) atoms. The van der Waals surface area contributed by atoms with Crippen LogP contribution in [-0.2, 0) is 0 Å². The Hall–Kier alpha value is -3.33. The second-order valence-electron chi connectivity index (χ2n) is 11.1. The Bertz CT molecular complexity index is 1310. The predicted molar refractivity (Wildman–Crippen MR) is 139 cm³/mol. The van der Waals surface area contributed by atoms with E-state index in [0.29, 0.717) is 29.6 Å². The summed E-state index contributed by atoms with van der Waals surface area (Å²) in [4.78, 5) is 17.6. The number of anilines is 3. The number of nitrogens with zero attached hydrogens (tertiary/aromatic N) is 5. The Labute approximate surface area is 215 Å². The lowest BCUT2D eigenvalue weighted by molar-refractivity contribution is 0.252. The number of likely N-dealkylation sites (tertiary alicyclic amines) is 1. The summed E-state index contributed by atoms with van der Waals surface area (Å²) < 4.78 is 35.9. The average Bonchev–Trinajstić information content (AvgIpc) is 3.21. The van der Waals surface area contributed by atoms with Crippen molar-refractivity contribution < 1.29 is 13.5 Å². The summed E-state index contributed by atoms with van der Waals surface area (Å²) in [5.74, 6) is 0.355. The number of pyridine rings is 1. The van der Waals surface area contributed by atoms with Crippen molar-refractivity contribution in [3.05, 3.63) is 53.9 Å². The molecule has 0 amide bonds. The van der Waals surface area contributed by atoms with E-state index in [2.05, 4.69) is 57.0 Å². The molecule has 2 fully saturated rings. The minimum absolute atomic E-state index is 0.0290. The van der Waals surface area contributed by atoms with Crippen LogP contribution in [0, 0.1) is 11.6 Å². The van der Waals surface area contributed by atoms with E-state index in [4.69, 9.17) is 4.74 Å². The van der Waals surface area contributed by atoms with Crippen LogP contribution >= 0.6 is 0 Å². The maximum atomic E-state index is 15.2. The van der Waals surface area contributed by atoms with Crippen molar-refractivity contribution in [1.29, 1.82) is 0 Å². The smallest absolute Gasteiger partial charge is 0.229 e. The first kappa shape index (κ1) is 24.0. The molecule has 3 aliphatic rings. The molecule has 1 N–H and O–H groups in total. The van der Waals surface area contributed by atoms with E-state index in [1.54, 1.807) is 6.07 Å². The molecular formula is C28H32F2N6O. The van der Waals surface area contributed by atoms with Gasteiger partial charge < -0.3 is 19.9 Å². The molecule has 5 heterocycles. The lowest BCUT2D eigenvalue weighted by atomic mass is 9.91. The van der Waals surface area contributed by atoms with Gasteiger partial charge in [0.1, 0.15) is 18.1 Å². The number of rotatable bonds is 4. The van der Waals surface area contributed by atoms with Crippen LogP contribution in [0.25, 0.3) is 11.3 Å². The maximum absolute atomic E-state index is 15.2. The van der Waals surface area contributed by atoms with Gasteiger partial charge in [-0.25, -0.2) is 23.7 Å². The highest BCUT2D eigenvalue weighted by Crippen LogP contribution is 2.47. The lowest BCUT2D eigenvalue weighted by Crippen LogP contribution is -2.48. The summed E-state index contributed by atoms with van der Waals surface area (Å²) in [5, 5.41) is 3.07. The van der Waals surface area contributed by atoms with Crippen molar-refractivity contribution in [1.82, 2.24) is 19.9 Å². The fraction of sp³-hybridized carbons (Fsp3) is 0.464. The molecule has 0 spiro atoms. The molecule has 6 rings (SSSR count). The number of ether oxygens (including phenoxy) is 1. The Morgan fingerprint density at radius 3 is 2.59 bits per heavy atom. The molecule has 2 aromatic heterocycles. The minimum Gasteiger partial charge on any atom is -0.486 e. The first-order valence-electron chi connectivity index (χ1n) is 13.0. The van der Waals surface area contributed by atoms with Crippen molar-refractivity contribution in [2.45, 2.75) is 57.0 Å². The van der Waals surface area contributed by atoms with Crippen LogP contribution in [0.2, 0.25) is 0 Å². The molecule has 194 valence electrons. The van der Waals surface area contributed by atoms with Crippen LogP contribution in [-0.4, -0.2) is 58.2 Å². The van der Waals surface area contributed by atoms with Gasteiger partial charge in [0.25, 0.3) is 0 Å². The van der Waals surface area contributed by atoms with Gasteiger partial charge in [-0.15, -0.1) is 0 Å². The summed E-state index contributed by atoms with van der Waals surface area (Å²) in [6.45, 7) is 6.91. The van der Waals surface area contributed by atoms with Gasteiger partial charge in [0.2, 0.25) is 5.95 Å². The number of aromatic nitrogens is 3. The SMILES string of the molecule is CN1CCC(c2ccc(Nc3ncc(F)c(-c4cc(F)c5c(c4)N4C(CCC4(C)C)CO5)n3)nc2)CC1. The van der Waals surface area contributed by atoms with E-state index in [0.717, 1.165) is 45.0 Å². The molecule has 2 saturated heterocycles. The summed E-state index contributed by atoms with van der Waals surface area (Å²) in [7, 11) is 2.15. The van der Waals surface area contributed by atoms with E-state index < -0.39 is 11.6 Å². The number of piperidine rings is 1. The number of fused-ring (bicyclic) bond motifs is 3. The third kappa shape index (κ3) is 4.50. The molecule has 1 aromatic carbocycles. The van der Waals surface area contributed by atoms with E-state index in [9.17, 15) is 4.39 Å². The van der Waals surface area contributed by atoms with Crippen molar-refractivity contribution in [3.63, 3.8) is 0 Å². The van der Waals surface area contributed by atoms with Crippen molar-refractivity contribution in [3.8, 4) is 17.0 Å². The summed E-state index contributed by atoms with van der Waals surface area (Å²) in [6, 6.07) is 7.20. The number of halogens is 2. The molecule has 0 bridgehead atoms. The molecule has 1 unspecified atom stereocenters. The van der Waals surface area contributed by atoms with Gasteiger partial charge in [-0.3, -0.25) is 0 Å². The summed E-state index contributed by atoms with van der Waals surface area (Å²) in [5.41, 5.74) is 2.09. The van der Waals surface area contributed by atoms with Crippen molar-refractivity contribution in [2.75, 3.05) is 37.0 Å². The van der Waals surface area contributed by atoms with Gasteiger partial charge in [-0.05, 0) is 89.3 Å². The zero-order valence-corrected chi connectivity index (χ0v) is 21.5. The molecule has 3 aliphatic heterocycles. The van der Waals surface area contributed by atoms with Gasteiger partial charge in [-0.1, -0.05) is 6.07 Å². The number of hydrogen-bond donors (Lipinski definition) is 1. The van der Waals surface area contributed by atoms with E-state index in [1.807, 2.05) is 12.3 Å². The Kier molecular flexibility index (Phi) is 5.98. The van der Waals surface area contributed by atoms with E-state index >= 15 is 4.39 Å². The van der Waals surface area contributed by atoms with Gasteiger partial charge in [0.15, 0.2) is 17.4 Å². The molecule has 9 heteroatoms. The van der Waals surface area contributed by atoms with Gasteiger partial charge >= 0.3 is 0 Å². The minimum atomic E-state index is -0.621. The van der Waals surface area contributed by atoms with Crippen LogP contribution in [0.4, 0.5) is 26.2 Å².